The number of ether oxygens (including phenoxy) is 1. The van der Waals surface area contributed by atoms with Gasteiger partial charge >= 0.3 is 0 Å². The topological polar surface area (TPSA) is 64.4 Å². The van der Waals surface area contributed by atoms with Crippen molar-refractivity contribution in [3.63, 3.8) is 0 Å². The van der Waals surface area contributed by atoms with Gasteiger partial charge < -0.3 is 14.5 Å². The third-order valence-electron chi connectivity index (χ3n) is 2.36. The zero-order valence-electron chi connectivity index (χ0n) is 11.3. The highest BCUT2D eigenvalue weighted by molar-refractivity contribution is 5.91. The lowest BCUT2D eigenvalue weighted by molar-refractivity contribution is -0.116. The molecule has 2 rings (SSSR count). The molecule has 0 aliphatic rings. The Morgan fingerprint density at radius 3 is 3.10 bits per heavy atom. The SMILES string of the molecule is O=C(/C=C/c1ccco1)NCC#CCOc1cccnc1. The van der Waals surface area contributed by atoms with Gasteiger partial charge in [-0.05, 0) is 30.3 Å². The van der Waals surface area contributed by atoms with Crippen molar-refractivity contribution in [2.24, 2.45) is 0 Å². The number of carbonyl (C=O) groups excluding carboxylic acids is 1. The van der Waals surface area contributed by atoms with Crippen molar-refractivity contribution < 1.29 is 13.9 Å². The van der Waals surface area contributed by atoms with Gasteiger partial charge in [0.05, 0.1) is 19.0 Å². The molecular formula is C16H14N2O3. The second-order valence-corrected chi connectivity index (χ2v) is 3.90. The highest BCUT2D eigenvalue weighted by Gasteiger charge is 1.93. The number of nitrogens with one attached hydrogen (secondary N) is 1. The fourth-order valence-electron chi connectivity index (χ4n) is 1.40. The van der Waals surface area contributed by atoms with E-state index in [1.165, 1.54) is 6.08 Å². The Morgan fingerprint density at radius 1 is 1.38 bits per heavy atom. The van der Waals surface area contributed by atoms with Crippen LogP contribution in [0.4, 0.5) is 0 Å². The lowest BCUT2D eigenvalue weighted by Gasteiger charge is -1.99. The van der Waals surface area contributed by atoms with Gasteiger partial charge in [0.2, 0.25) is 5.91 Å². The smallest absolute Gasteiger partial charge is 0.244 e. The largest absolute Gasteiger partial charge is 0.479 e. The lowest BCUT2D eigenvalue weighted by atomic mass is 10.4. The first-order valence-corrected chi connectivity index (χ1v) is 6.32. The van der Waals surface area contributed by atoms with Gasteiger partial charge in [0.25, 0.3) is 0 Å². The quantitative estimate of drug-likeness (QED) is 0.672. The summed E-state index contributed by atoms with van der Waals surface area (Å²) < 4.78 is 10.4. The van der Waals surface area contributed by atoms with Crippen LogP contribution in [0.15, 0.2) is 53.4 Å². The Morgan fingerprint density at radius 2 is 2.33 bits per heavy atom. The van der Waals surface area contributed by atoms with Gasteiger partial charge in [0, 0.05) is 12.3 Å². The lowest BCUT2D eigenvalue weighted by Crippen LogP contribution is -2.21. The molecule has 21 heavy (non-hydrogen) atoms. The molecule has 0 fully saturated rings. The van der Waals surface area contributed by atoms with Crippen LogP contribution in [0.3, 0.4) is 0 Å². The summed E-state index contributed by atoms with van der Waals surface area (Å²) in [5, 5.41) is 2.63. The molecule has 2 aromatic rings. The van der Waals surface area contributed by atoms with Crippen molar-refractivity contribution in [1.82, 2.24) is 10.3 Å². The number of hydrogen-bond donors (Lipinski definition) is 1. The highest BCUT2D eigenvalue weighted by Crippen LogP contribution is 2.04. The maximum atomic E-state index is 11.4. The Hall–Kier alpha value is -3.00. The summed E-state index contributed by atoms with van der Waals surface area (Å²) in [6, 6.07) is 7.11. The van der Waals surface area contributed by atoms with E-state index >= 15 is 0 Å². The average molecular weight is 282 g/mol. The first-order valence-electron chi connectivity index (χ1n) is 6.32. The number of furan rings is 1. The van der Waals surface area contributed by atoms with E-state index in [1.807, 2.05) is 0 Å². The van der Waals surface area contributed by atoms with Crippen molar-refractivity contribution in [2.45, 2.75) is 0 Å². The van der Waals surface area contributed by atoms with Gasteiger partial charge in [0.1, 0.15) is 18.1 Å². The standard InChI is InChI=1S/C16H14N2O3/c19-16(8-7-14-6-4-12-20-14)18-10-1-2-11-21-15-5-3-9-17-13-15/h3-9,12-13H,10-11H2,(H,18,19)/b8-7+. The van der Waals surface area contributed by atoms with Crippen LogP contribution in [-0.4, -0.2) is 24.0 Å². The zero-order valence-corrected chi connectivity index (χ0v) is 11.3. The summed E-state index contributed by atoms with van der Waals surface area (Å²) in [5.41, 5.74) is 0. The minimum Gasteiger partial charge on any atom is -0.479 e. The molecule has 0 aromatic carbocycles. The normalized spacial score (nSPS) is 9.90. The van der Waals surface area contributed by atoms with E-state index in [9.17, 15) is 4.79 Å². The molecule has 5 heteroatoms. The molecule has 0 saturated carbocycles. The molecule has 2 aromatic heterocycles. The first kappa shape index (κ1) is 14.4. The Balaban J connectivity index is 1.63. The number of hydrogen-bond acceptors (Lipinski definition) is 4. The average Bonchev–Trinajstić information content (AvgIpc) is 3.03. The van der Waals surface area contributed by atoms with Gasteiger partial charge in [-0.1, -0.05) is 11.8 Å². The molecule has 0 aliphatic heterocycles. The molecule has 1 amide bonds. The fourth-order valence-corrected chi connectivity index (χ4v) is 1.40. The van der Waals surface area contributed by atoms with Gasteiger partial charge in [0.15, 0.2) is 0 Å². The number of nitrogens with zero attached hydrogens (tertiary/aromatic N) is 1. The maximum absolute atomic E-state index is 11.4. The van der Waals surface area contributed by atoms with Crippen LogP contribution >= 0.6 is 0 Å². The second kappa shape index (κ2) is 8.23. The fraction of sp³-hybridized carbons (Fsp3) is 0.125. The molecule has 5 nitrogen and oxygen atoms in total. The van der Waals surface area contributed by atoms with Crippen molar-refractivity contribution >= 4 is 12.0 Å². The van der Waals surface area contributed by atoms with Gasteiger partial charge in [-0.3, -0.25) is 9.78 Å². The summed E-state index contributed by atoms with van der Waals surface area (Å²) >= 11 is 0. The zero-order chi connectivity index (χ0) is 14.8. The molecule has 0 bridgehead atoms. The summed E-state index contributed by atoms with van der Waals surface area (Å²) in [4.78, 5) is 15.4. The predicted octanol–water partition coefficient (Wildman–Crippen LogP) is 1.89. The van der Waals surface area contributed by atoms with E-state index in [2.05, 4.69) is 22.1 Å². The molecule has 0 atom stereocenters. The molecule has 0 aliphatic carbocycles. The van der Waals surface area contributed by atoms with E-state index in [4.69, 9.17) is 9.15 Å². The molecule has 0 radical (unpaired) electrons. The Labute approximate surface area is 122 Å². The van der Waals surface area contributed by atoms with Crippen LogP contribution in [0.2, 0.25) is 0 Å². The minimum atomic E-state index is -0.228. The van der Waals surface area contributed by atoms with Crippen LogP contribution in [0, 0.1) is 11.8 Å². The third-order valence-corrected chi connectivity index (χ3v) is 2.36. The first-order chi connectivity index (χ1) is 10.3. The van der Waals surface area contributed by atoms with Crippen LogP contribution in [0.1, 0.15) is 5.76 Å². The number of pyridine rings is 1. The molecule has 106 valence electrons. The third kappa shape index (κ3) is 5.66. The highest BCUT2D eigenvalue weighted by atomic mass is 16.5. The van der Waals surface area contributed by atoms with E-state index in [0.29, 0.717) is 11.5 Å². The number of amides is 1. The monoisotopic (exact) mass is 282 g/mol. The van der Waals surface area contributed by atoms with Crippen LogP contribution in [0.25, 0.3) is 6.08 Å². The van der Waals surface area contributed by atoms with Crippen molar-refractivity contribution in [2.75, 3.05) is 13.2 Å². The molecule has 0 saturated heterocycles. The number of aromatic nitrogens is 1. The van der Waals surface area contributed by atoms with Gasteiger partial charge in [-0.15, -0.1) is 0 Å². The predicted molar refractivity (Wildman–Crippen MR) is 78.3 cm³/mol. The van der Waals surface area contributed by atoms with E-state index in [-0.39, 0.29) is 19.1 Å². The molecule has 0 unspecified atom stereocenters. The summed E-state index contributed by atoms with van der Waals surface area (Å²) in [6.45, 7) is 0.515. The van der Waals surface area contributed by atoms with Crippen molar-refractivity contribution in [3.05, 3.63) is 54.8 Å². The van der Waals surface area contributed by atoms with Gasteiger partial charge in [-0.25, -0.2) is 0 Å². The summed E-state index contributed by atoms with van der Waals surface area (Å²) in [6.07, 6.45) is 7.82. The number of carbonyl (C=O) groups is 1. The molecular weight excluding hydrogens is 268 g/mol. The van der Waals surface area contributed by atoms with E-state index < -0.39 is 0 Å². The minimum absolute atomic E-state index is 0.228. The number of rotatable bonds is 5. The van der Waals surface area contributed by atoms with Crippen LogP contribution in [-0.2, 0) is 4.79 Å². The van der Waals surface area contributed by atoms with Crippen LogP contribution < -0.4 is 10.1 Å². The summed E-state index contributed by atoms with van der Waals surface area (Å²) in [5.74, 6) is 6.66. The van der Waals surface area contributed by atoms with Gasteiger partial charge in [-0.2, -0.15) is 0 Å². The molecule has 0 spiro atoms. The van der Waals surface area contributed by atoms with E-state index in [0.717, 1.165) is 0 Å². The maximum Gasteiger partial charge on any atom is 0.244 e. The second-order valence-electron chi connectivity index (χ2n) is 3.90. The van der Waals surface area contributed by atoms with Crippen molar-refractivity contribution in [1.29, 1.82) is 0 Å². The summed E-state index contributed by atoms with van der Waals surface area (Å²) in [7, 11) is 0. The Kier molecular flexibility index (Phi) is 5.65. The van der Waals surface area contributed by atoms with E-state index in [1.54, 1.807) is 49.0 Å². The van der Waals surface area contributed by atoms with Crippen LogP contribution in [0.5, 0.6) is 5.75 Å². The molecule has 2 heterocycles. The molecule has 1 N–H and O–H groups in total. The van der Waals surface area contributed by atoms with Crippen molar-refractivity contribution in [3.8, 4) is 17.6 Å². The Bertz CT molecular complexity index is 637.